The lowest BCUT2D eigenvalue weighted by Crippen LogP contribution is -2.40. The van der Waals surface area contributed by atoms with Gasteiger partial charge in [-0.3, -0.25) is 0 Å². The first-order valence-corrected chi connectivity index (χ1v) is 10.5. The summed E-state index contributed by atoms with van der Waals surface area (Å²) in [4.78, 5) is 22.0. The Morgan fingerprint density at radius 2 is 1.83 bits per heavy atom. The van der Waals surface area contributed by atoms with E-state index in [9.17, 15) is 13.2 Å². The average molecular weight is 420 g/mol. The van der Waals surface area contributed by atoms with Crippen molar-refractivity contribution in [1.29, 1.82) is 0 Å². The number of aromatic nitrogens is 2. The molecule has 0 saturated heterocycles. The molecule has 0 unspecified atom stereocenters. The SMILES string of the molecule is Cc1ccc(S(=O)(=O)Oc2nc(N)nc3c2CN(C(=O)OC(C)(C)C)CC3)cc1. The third kappa shape index (κ3) is 4.94. The number of nitrogens with two attached hydrogens (primary N) is 1. The third-order valence-electron chi connectivity index (χ3n) is 4.19. The molecule has 29 heavy (non-hydrogen) atoms. The minimum atomic E-state index is -4.13. The van der Waals surface area contributed by atoms with Crippen molar-refractivity contribution >= 4 is 22.2 Å². The number of carbonyl (C=O) groups is 1. The first kappa shape index (κ1) is 20.8. The summed E-state index contributed by atoms with van der Waals surface area (Å²) >= 11 is 0. The lowest BCUT2D eigenvalue weighted by molar-refractivity contribution is 0.0222. The smallest absolute Gasteiger partial charge is 0.410 e. The number of benzene rings is 1. The number of anilines is 1. The molecule has 3 rings (SSSR count). The number of ether oxygens (including phenoxy) is 1. The fourth-order valence-corrected chi connectivity index (χ4v) is 3.72. The molecule has 2 aromatic rings. The van der Waals surface area contributed by atoms with E-state index in [-0.39, 0.29) is 23.3 Å². The zero-order valence-corrected chi connectivity index (χ0v) is 17.6. The van der Waals surface area contributed by atoms with Crippen LogP contribution in [0.1, 0.15) is 37.6 Å². The molecule has 0 radical (unpaired) electrons. The predicted octanol–water partition coefficient (Wildman–Crippen LogP) is 2.43. The molecule has 1 aliphatic heterocycles. The fraction of sp³-hybridized carbons (Fsp3) is 0.421. The van der Waals surface area contributed by atoms with Crippen LogP contribution in [0.15, 0.2) is 29.2 Å². The molecule has 1 aromatic heterocycles. The summed E-state index contributed by atoms with van der Waals surface area (Å²) in [6, 6.07) is 6.25. The van der Waals surface area contributed by atoms with Gasteiger partial charge in [-0.25, -0.2) is 9.78 Å². The van der Waals surface area contributed by atoms with E-state index in [1.807, 2.05) is 6.92 Å². The molecule has 10 heteroatoms. The fourth-order valence-electron chi connectivity index (χ4n) is 2.81. The van der Waals surface area contributed by atoms with Gasteiger partial charge < -0.3 is 19.6 Å². The highest BCUT2D eigenvalue weighted by molar-refractivity contribution is 7.87. The van der Waals surface area contributed by atoms with Gasteiger partial charge in [0, 0.05) is 13.0 Å². The lowest BCUT2D eigenvalue weighted by Gasteiger charge is -2.31. The number of rotatable bonds is 3. The molecule has 0 fully saturated rings. The van der Waals surface area contributed by atoms with E-state index >= 15 is 0 Å². The van der Waals surface area contributed by atoms with Crippen LogP contribution in [-0.4, -0.2) is 41.5 Å². The molecular weight excluding hydrogens is 396 g/mol. The Bertz CT molecular complexity index is 1030. The summed E-state index contributed by atoms with van der Waals surface area (Å²) in [5.41, 5.74) is 6.95. The van der Waals surface area contributed by atoms with Crippen molar-refractivity contribution in [1.82, 2.24) is 14.9 Å². The van der Waals surface area contributed by atoms with E-state index < -0.39 is 21.8 Å². The van der Waals surface area contributed by atoms with Crippen LogP contribution < -0.4 is 9.92 Å². The molecule has 9 nitrogen and oxygen atoms in total. The maximum absolute atomic E-state index is 12.7. The highest BCUT2D eigenvalue weighted by atomic mass is 32.2. The number of fused-ring (bicyclic) bond motifs is 1. The maximum Gasteiger partial charge on any atom is 0.410 e. The quantitative estimate of drug-likeness (QED) is 0.751. The summed E-state index contributed by atoms with van der Waals surface area (Å²) < 4.78 is 36.1. The normalized spacial score (nSPS) is 14.3. The monoisotopic (exact) mass is 420 g/mol. The van der Waals surface area contributed by atoms with Gasteiger partial charge in [0.1, 0.15) is 10.5 Å². The van der Waals surface area contributed by atoms with E-state index in [4.69, 9.17) is 14.7 Å². The molecule has 1 aromatic carbocycles. The van der Waals surface area contributed by atoms with Crippen molar-refractivity contribution in [3.63, 3.8) is 0 Å². The van der Waals surface area contributed by atoms with E-state index in [1.165, 1.54) is 17.0 Å². The van der Waals surface area contributed by atoms with E-state index in [1.54, 1.807) is 32.9 Å². The summed E-state index contributed by atoms with van der Waals surface area (Å²) in [7, 11) is -4.13. The topological polar surface area (TPSA) is 125 Å². The summed E-state index contributed by atoms with van der Waals surface area (Å²) in [6.45, 7) is 7.59. The molecule has 2 N–H and O–H groups in total. The largest absolute Gasteiger partial charge is 0.444 e. The predicted molar refractivity (Wildman–Crippen MR) is 106 cm³/mol. The Balaban J connectivity index is 1.91. The van der Waals surface area contributed by atoms with Gasteiger partial charge in [0.2, 0.25) is 11.8 Å². The Hall–Kier alpha value is -2.88. The number of hydrogen-bond acceptors (Lipinski definition) is 8. The molecule has 0 aliphatic carbocycles. The third-order valence-corrected chi connectivity index (χ3v) is 5.42. The van der Waals surface area contributed by atoms with Crippen LogP contribution in [0, 0.1) is 6.92 Å². The molecular formula is C19H24N4O5S. The standard InChI is InChI=1S/C19H24N4O5S/c1-12-5-7-13(8-6-12)29(25,26)28-16-14-11-23(18(24)27-19(2,3)4)10-9-15(14)21-17(20)22-16/h5-8H,9-11H2,1-4H3,(H2,20,21,22). The molecule has 1 aliphatic rings. The highest BCUT2D eigenvalue weighted by Crippen LogP contribution is 2.29. The van der Waals surface area contributed by atoms with Gasteiger partial charge in [-0.15, -0.1) is 0 Å². The Labute approximate surface area is 170 Å². The van der Waals surface area contributed by atoms with Gasteiger partial charge in [0.15, 0.2) is 0 Å². The number of aryl methyl sites for hydroxylation is 1. The number of amides is 1. The number of nitrogens with zero attached hydrogens (tertiary/aromatic N) is 3. The molecule has 0 bridgehead atoms. The first-order chi connectivity index (χ1) is 13.4. The van der Waals surface area contributed by atoms with Gasteiger partial charge in [-0.05, 0) is 39.8 Å². The Morgan fingerprint density at radius 3 is 2.45 bits per heavy atom. The maximum atomic E-state index is 12.7. The molecule has 0 atom stereocenters. The first-order valence-electron chi connectivity index (χ1n) is 9.09. The molecule has 0 spiro atoms. The second kappa shape index (κ2) is 7.51. The van der Waals surface area contributed by atoms with Crippen molar-refractivity contribution < 1.29 is 22.1 Å². The minimum Gasteiger partial charge on any atom is -0.444 e. The molecule has 2 heterocycles. The van der Waals surface area contributed by atoms with Crippen LogP contribution in [0.5, 0.6) is 5.88 Å². The molecule has 0 saturated carbocycles. The van der Waals surface area contributed by atoms with E-state index in [2.05, 4.69) is 9.97 Å². The Kier molecular flexibility index (Phi) is 5.40. The summed E-state index contributed by atoms with van der Waals surface area (Å²) in [5, 5.41) is 0. The van der Waals surface area contributed by atoms with Gasteiger partial charge >= 0.3 is 16.2 Å². The lowest BCUT2D eigenvalue weighted by atomic mass is 10.1. The second-order valence-electron chi connectivity index (χ2n) is 7.81. The van der Waals surface area contributed by atoms with Crippen molar-refractivity contribution in [2.75, 3.05) is 12.3 Å². The molecule has 156 valence electrons. The zero-order valence-electron chi connectivity index (χ0n) is 16.8. The van der Waals surface area contributed by atoms with Crippen molar-refractivity contribution in [2.24, 2.45) is 0 Å². The number of nitrogen functional groups attached to an aromatic ring is 1. The van der Waals surface area contributed by atoms with Crippen LogP contribution in [0.2, 0.25) is 0 Å². The van der Waals surface area contributed by atoms with Crippen LogP contribution >= 0.6 is 0 Å². The average Bonchev–Trinajstić information content (AvgIpc) is 2.60. The van der Waals surface area contributed by atoms with Crippen molar-refractivity contribution in [2.45, 2.75) is 51.2 Å². The highest BCUT2D eigenvalue weighted by Gasteiger charge is 2.31. The van der Waals surface area contributed by atoms with Gasteiger partial charge in [0.25, 0.3) is 0 Å². The van der Waals surface area contributed by atoms with Crippen LogP contribution in [0.4, 0.5) is 10.7 Å². The summed E-state index contributed by atoms with van der Waals surface area (Å²) in [5.74, 6) is -0.273. The summed E-state index contributed by atoms with van der Waals surface area (Å²) in [6.07, 6.45) is -0.130. The van der Waals surface area contributed by atoms with Crippen molar-refractivity contribution in [3.05, 3.63) is 41.1 Å². The van der Waals surface area contributed by atoms with Crippen LogP contribution in [-0.2, 0) is 27.8 Å². The van der Waals surface area contributed by atoms with Crippen LogP contribution in [0.25, 0.3) is 0 Å². The Morgan fingerprint density at radius 1 is 1.17 bits per heavy atom. The number of hydrogen-bond donors (Lipinski definition) is 1. The zero-order chi connectivity index (χ0) is 21.4. The van der Waals surface area contributed by atoms with E-state index in [0.717, 1.165) is 5.56 Å². The second-order valence-corrected chi connectivity index (χ2v) is 9.36. The van der Waals surface area contributed by atoms with Crippen LogP contribution in [0.3, 0.4) is 0 Å². The van der Waals surface area contributed by atoms with Gasteiger partial charge in [0.05, 0.1) is 17.8 Å². The molecule has 1 amide bonds. The van der Waals surface area contributed by atoms with E-state index in [0.29, 0.717) is 24.2 Å². The van der Waals surface area contributed by atoms with Crippen molar-refractivity contribution in [3.8, 4) is 5.88 Å². The number of carbonyl (C=O) groups excluding carboxylic acids is 1. The van der Waals surface area contributed by atoms with Gasteiger partial charge in [-0.1, -0.05) is 17.7 Å². The minimum absolute atomic E-state index is 0.00570. The van der Waals surface area contributed by atoms with Gasteiger partial charge in [-0.2, -0.15) is 13.4 Å².